The first-order valence-corrected chi connectivity index (χ1v) is 6.59. The fraction of sp³-hybridized carbons (Fsp3) is 0.235. The summed E-state index contributed by atoms with van der Waals surface area (Å²) in [6.07, 6.45) is 4.73. The van der Waals surface area contributed by atoms with Crippen LogP contribution in [0.3, 0.4) is 0 Å². The van der Waals surface area contributed by atoms with Gasteiger partial charge in [-0.1, -0.05) is 67.0 Å². The van der Waals surface area contributed by atoms with E-state index >= 15 is 0 Å². The van der Waals surface area contributed by atoms with Crippen molar-refractivity contribution in [3.63, 3.8) is 0 Å². The van der Waals surface area contributed by atoms with E-state index in [-0.39, 0.29) is 0 Å². The number of unbranched alkanes of at least 4 members (excludes halogenated alkanes) is 1. The van der Waals surface area contributed by atoms with Crippen molar-refractivity contribution in [2.75, 3.05) is 0 Å². The Morgan fingerprint density at radius 2 is 1.79 bits per heavy atom. The third-order valence-electron chi connectivity index (χ3n) is 2.76. The van der Waals surface area contributed by atoms with Crippen LogP contribution in [-0.4, -0.2) is 6.21 Å². The minimum Gasteiger partial charge on any atom is -0.391 e. The predicted molar refractivity (Wildman–Crippen MR) is 79.0 cm³/mol. The van der Waals surface area contributed by atoms with Crippen molar-refractivity contribution >= 4 is 6.21 Å². The highest BCUT2D eigenvalue weighted by molar-refractivity contribution is 5.63. The van der Waals surface area contributed by atoms with Gasteiger partial charge in [-0.2, -0.15) is 0 Å². The van der Waals surface area contributed by atoms with E-state index < -0.39 is 0 Å². The molecule has 0 aliphatic rings. The molecule has 0 N–H and O–H groups in total. The second-order valence-electron chi connectivity index (χ2n) is 4.34. The van der Waals surface area contributed by atoms with Crippen LogP contribution in [0.5, 0.6) is 0 Å². The van der Waals surface area contributed by atoms with Crippen molar-refractivity contribution in [3.05, 3.63) is 60.2 Å². The zero-order chi connectivity index (χ0) is 13.3. The minimum absolute atomic E-state index is 0.484. The van der Waals surface area contributed by atoms with Gasteiger partial charge in [0.15, 0.2) is 0 Å². The van der Waals surface area contributed by atoms with Crippen LogP contribution < -0.4 is 0 Å². The molecule has 0 saturated heterocycles. The first-order chi connectivity index (χ1) is 9.40. The second kappa shape index (κ2) is 7.37. The molecule has 0 fully saturated rings. The lowest BCUT2D eigenvalue weighted by molar-refractivity contribution is 0.131. The van der Waals surface area contributed by atoms with Gasteiger partial charge in [-0.05, 0) is 29.2 Å². The predicted octanol–water partition coefficient (Wildman–Crippen LogP) is 4.53. The molecule has 0 heterocycles. The van der Waals surface area contributed by atoms with Gasteiger partial charge in [-0.3, -0.25) is 0 Å². The van der Waals surface area contributed by atoms with Crippen molar-refractivity contribution in [1.82, 2.24) is 0 Å². The molecule has 0 atom stereocenters. The van der Waals surface area contributed by atoms with Crippen molar-refractivity contribution < 1.29 is 4.84 Å². The highest BCUT2D eigenvalue weighted by Gasteiger charge is 1.98. The van der Waals surface area contributed by atoms with Crippen molar-refractivity contribution in [3.8, 4) is 11.1 Å². The average Bonchev–Trinajstić information content (AvgIpc) is 2.48. The van der Waals surface area contributed by atoms with Gasteiger partial charge in [0.2, 0.25) is 0 Å². The van der Waals surface area contributed by atoms with E-state index in [1.54, 1.807) is 0 Å². The molecule has 2 rings (SSSR count). The molecule has 19 heavy (non-hydrogen) atoms. The molecule has 0 aliphatic carbocycles. The van der Waals surface area contributed by atoms with Gasteiger partial charge in [0.1, 0.15) is 12.8 Å². The molecule has 1 radical (unpaired) electrons. The molecule has 2 nitrogen and oxygen atoms in total. The van der Waals surface area contributed by atoms with E-state index in [9.17, 15) is 0 Å². The summed E-state index contributed by atoms with van der Waals surface area (Å²) in [6.45, 7) is 2.57. The van der Waals surface area contributed by atoms with E-state index in [1.165, 1.54) is 11.1 Å². The molecular weight excluding hydrogens is 234 g/mol. The van der Waals surface area contributed by atoms with Crippen LogP contribution in [0.2, 0.25) is 0 Å². The van der Waals surface area contributed by atoms with Crippen LogP contribution in [-0.2, 0) is 11.4 Å². The zero-order valence-electron chi connectivity index (χ0n) is 11.2. The topological polar surface area (TPSA) is 21.6 Å². The van der Waals surface area contributed by atoms with Crippen LogP contribution in [0, 0.1) is 0 Å². The summed E-state index contributed by atoms with van der Waals surface area (Å²) >= 11 is 0. The van der Waals surface area contributed by atoms with E-state index in [2.05, 4.69) is 42.6 Å². The maximum absolute atomic E-state index is 5.23. The number of rotatable bonds is 6. The third kappa shape index (κ3) is 4.25. The fourth-order valence-corrected chi connectivity index (χ4v) is 1.78. The Morgan fingerprint density at radius 3 is 2.58 bits per heavy atom. The maximum Gasteiger partial charge on any atom is 0.142 e. The Bertz CT molecular complexity index is 520. The summed E-state index contributed by atoms with van der Waals surface area (Å²) in [4.78, 5) is 5.23. The molecule has 0 aliphatic heterocycles. The average molecular weight is 252 g/mol. The normalized spacial score (nSPS) is 10.8. The number of hydrogen-bond acceptors (Lipinski definition) is 2. The molecular formula is C17H18NO. The van der Waals surface area contributed by atoms with Crippen LogP contribution in [0.1, 0.15) is 25.3 Å². The SMILES string of the molecule is CCC/[C]=N/OCc1cccc(-c2ccccc2)c1. The Kier molecular flexibility index (Phi) is 5.17. The Hall–Kier alpha value is -2.09. The van der Waals surface area contributed by atoms with Crippen LogP contribution >= 0.6 is 0 Å². The Morgan fingerprint density at radius 1 is 1.00 bits per heavy atom. The summed E-state index contributed by atoms with van der Waals surface area (Å²) < 4.78 is 0. The monoisotopic (exact) mass is 252 g/mol. The van der Waals surface area contributed by atoms with Gasteiger partial charge in [0.25, 0.3) is 0 Å². The summed E-state index contributed by atoms with van der Waals surface area (Å²) in [6, 6.07) is 18.6. The molecule has 2 aromatic carbocycles. The first-order valence-electron chi connectivity index (χ1n) is 6.59. The van der Waals surface area contributed by atoms with Gasteiger partial charge in [-0.25, -0.2) is 0 Å². The first kappa shape index (κ1) is 13.3. The molecule has 0 unspecified atom stereocenters. The van der Waals surface area contributed by atoms with Crippen LogP contribution in [0.15, 0.2) is 59.8 Å². The van der Waals surface area contributed by atoms with Crippen molar-refractivity contribution in [1.29, 1.82) is 0 Å². The number of nitrogens with zero attached hydrogens (tertiary/aromatic N) is 1. The molecule has 0 bridgehead atoms. The highest BCUT2D eigenvalue weighted by atomic mass is 16.6. The summed E-state index contributed by atoms with van der Waals surface area (Å²) in [7, 11) is 0. The maximum atomic E-state index is 5.23. The molecule has 0 amide bonds. The molecule has 0 aromatic heterocycles. The van der Waals surface area contributed by atoms with Crippen LogP contribution in [0.4, 0.5) is 0 Å². The lowest BCUT2D eigenvalue weighted by atomic mass is 10.0. The molecule has 2 heteroatoms. The fourth-order valence-electron chi connectivity index (χ4n) is 1.78. The van der Waals surface area contributed by atoms with Gasteiger partial charge in [-0.15, -0.1) is 0 Å². The lowest BCUT2D eigenvalue weighted by Gasteiger charge is -2.04. The Labute approximate surface area is 114 Å². The van der Waals surface area contributed by atoms with Crippen molar-refractivity contribution in [2.45, 2.75) is 26.4 Å². The molecule has 97 valence electrons. The second-order valence-corrected chi connectivity index (χ2v) is 4.34. The van der Waals surface area contributed by atoms with E-state index in [4.69, 9.17) is 4.84 Å². The van der Waals surface area contributed by atoms with Crippen molar-refractivity contribution in [2.24, 2.45) is 5.16 Å². The standard InChI is InChI=1S/C17H18NO/c1-2-3-12-18-19-14-15-8-7-11-17(13-15)16-9-5-4-6-10-16/h4-11,13H,2-3,14H2,1H3. The molecule has 0 spiro atoms. The Balaban J connectivity index is 2.00. The summed E-state index contributed by atoms with van der Waals surface area (Å²) in [5, 5.41) is 3.81. The summed E-state index contributed by atoms with van der Waals surface area (Å²) in [5.74, 6) is 0. The van der Waals surface area contributed by atoms with E-state index in [0.717, 1.165) is 18.4 Å². The van der Waals surface area contributed by atoms with Gasteiger partial charge in [0.05, 0.1) is 0 Å². The van der Waals surface area contributed by atoms with E-state index in [1.807, 2.05) is 30.3 Å². The largest absolute Gasteiger partial charge is 0.391 e. The van der Waals surface area contributed by atoms with Gasteiger partial charge in [0, 0.05) is 0 Å². The molecule has 0 saturated carbocycles. The smallest absolute Gasteiger partial charge is 0.142 e. The minimum atomic E-state index is 0.484. The van der Waals surface area contributed by atoms with E-state index in [0.29, 0.717) is 6.61 Å². The van der Waals surface area contributed by atoms with Gasteiger partial charge >= 0.3 is 0 Å². The zero-order valence-corrected chi connectivity index (χ0v) is 11.2. The number of hydrogen-bond donors (Lipinski definition) is 0. The third-order valence-corrected chi connectivity index (χ3v) is 2.76. The quantitative estimate of drug-likeness (QED) is 0.546. The van der Waals surface area contributed by atoms with Gasteiger partial charge < -0.3 is 4.84 Å². The lowest BCUT2D eigenvalue weighted by Crippen LogP contribution is -1.88. The summed E-state index contributed by atoms with van der Waals surface area (Å²) in [5.41, 5.74) is 3.53. The highest BCUT2D eigenvalue weighted by Crippen LogP contribution is 2.20. The molecule has 2 aromatic rings. The number of benzene rings is 2. The van der Waals surface area contributed by atoms with Crippen LogP contribution in [0.25, 0.3) is 11.1 Å².